The molecule has 3 heterocycles. The van der Waals surface area contributed by atoms with Crippen LogP contribution in [0.1, 0.15) is 17.0 Å². The highest BCUT2D eigenvalue weighted by molar-refractivity contribution is 5.90. The van der Waals surface area contributed by atoms with Gasteiger partial charge in [-0.1, -0.05) is 30.3 Å². The first kappa shape index (κ1) is 25.1. The minimum Gasteiger partial charge on any atom is -0.349 e. The number of rotatable bonds is 7. The van der Waals surface area contributed by atoms with E-state index in [4.69, 9.17) is 0 Å². The minimum atomic E-state index is -4.40. The van der Waals surface area contributed by atoms with Crippen molar-refractivity contribution in [3.63, 3.8) is 0 Å². The lowest BCUT2D eigenvalue weighted by Crippen LogP contribution is -2.25. The van der Waals surface area contributed by atoms with Crippen LogP contribution in [-0.2, 0) is 23.9 Å². The summed E-state index contributed by atoms with van der Waals surface area (Å²) in [6, 6.07) is 23.5. The van der Waals surface area contributed by atoms with E-state index in [-0.39, 0.29) is 18.9 Å². The summed E-state index contributed by atoms with van der Waals surface area (Å²) in [6.45, 7) is 0.283. The standard InChI is InChI=1S/C29H22F3N7O/c30-29(31,32)19-9-11-20(12-10-19)34-25-13-14-27(38-37-25)39-17-18(21-5-1-4-8-24(21)39)15-28(40)33-16-26-35-22-6-2-3-7-23(22)36-26/h1-14,17H,15-16H2,(H,33,40)(H,34,37)(H,35,36). The number of halogens is 3. The Morgan fingerprint density at radius 2 is 1.68 bits per heavy atom. The zero-order valence-corrected chi connectivity index (χ0v) is 20.9. The van der Waals surface area contributed by atoms with Crippen LogP contribution in [0.15, 0.2) is 91.1 Å². The number of hydrogen-bond acceptors (Lipinski definition) is 5. The number of aromatic amines is 1. The van der Waals surface area contributed by atoms with E-state index in [0.717, 1.165) is 39.6 Å². The van der Waals surface area contributed by atoms with E-state index in [1.807, 2.05) is 59.3 Å². The van der Waals surface area contributed by atoms with Gasteiger partial charge in [0.15, 0.2) is 11.6 Å². The molecule has 0 aliphatic carbocycles. The molecule has 0 radical (unpaired) electrons. The van der Waals surface area contributed by atoms with Gasteiger partial charge in [-0.3, -0.25) is 9.36 Å². The molecule has 3 N–H and O–H groups in total. The van der Waals surface area contributed by atoms with Crippen molar-refractivity contribution in [3.8, 4) is 5.82 Å². The summed E-state index contributed by atoms with van der Waals surface area (Å²) in [6.07, 6.45) is -2.37. The number of H-pyrrole nitrogens is 1. The van der Waals surface area contributed by atoms with E-state index in [9.17, 15) is 18.0 Å². The third-order valence-corrected chi connectivity index (χ3v) is 6.42. The number of nitrogens with zero attached hydrogens (tertiary/aromatic N) is 4. The lowest BCUT2D eigenvalue weighted by atomic mass is 10.1. The predicted molar refractivity (Wildman–Crippen MR) is 145 cm³/mol. The summed E-state index contributed by atoms with van der Waals surface area (Å²) >= 11 is 0. The third kappa shape index (κ3) is 5.21. The minimum absolute atomic E-state index is 0.148. The van der Waals surface area contributed by atoms with Crippen molar-refractivity contribution in [2.24, 2.45) is 0 Å². The average Bonchev–Trinajstić information content (AvgIpc) is 3.54. The Morgan fingerprint density at radius 3 is 2.42 bits per heavy atom. The number of carbonyl (C=O) groups is 1. The molecule has 0 aliphatic rings. The van der Waals surface area contributed by atoms with Crippen LogP contribution >= 0.6 is 0 Å². The Hall–Kier alpha value is -5.19. The fourth-order valence-corrected chi connectivity index (χ4v) is 4.50. The number of benzene rings is 3. The zero-order chi connectivity index (χ0) is 27.7. The Kier molecular flexibility index (Phi) is 6.39. The summed E-state index contributed by atoms with van der Waals surface area (Å²) in [7, 11) is 0. The normalized spacial score (nSPS) is 11.7. The number of aromatic nitrogens is 5. The van der Waals surface area contributed by atoms with Gasteiger partial charge in [-0.2, -0.15) is 13.2 Å². The molecule has 0 fully saturated rings. The molecule has 8 nitrogen and oxygen atoms in total. The van der Waals surface area contributed by atoms with Crippen molar-refractivity contribution in [1.29, 1.82) is 0 Å². The highest BCUT2D eigenvalue weighted by Gasteiger charge is 2.30. The first-order valence-electron chi connectivity index (χ1n) is 12.4. The van der Waals surface area contributed by atoms with Gasteiger partial charge >= 0.3 is 6.18 Å². The van der Waals surface area contributed by atoms with Crippen LogP contribution in [-0.4, -0.2) is 30.6 Å². The Balaban J connectivity index is 1.16. The highest BCUT2D eigenvalue weighted by atomic mass is 19.4. The van der Waals surface area contributed by atoms with E-state index >= 15 is 0 Å². The summed E-state index contributed by atoms with van der Waals surface area (Å²) in [4.78, 5) is 20.5. The van der Waals surface area contributed by atoms with Crippen molar-refractivity contribution < 1.29 is 18.0 Å². The number of hydrogen-bond donors (Lipinski definition) is 3. The third-order valence-electron chi connectivity index (χ3n) is 6.42. The smallest absolute Gasteiger partial charge is 0.349 e. The van der Waals surface area contributed by atoms with Gasteiger partial charge in [0.1, 0.15) is 5.82 Å². The van der Waals surface area contributed by atoms with Crippen molar-refractivity contribution in [2.45, 2.75) is 19.1 Å². The topological polar surface area (TPSA) is 101 Å². The monoisotopic (exact) mass is 541 g/mol. The van der Waals surface area contributed by atoms with Gasteiger partial charge < -0.3 is 15.6 Å². The van der Waals surface area contributed by atoms with Gasteiger partial charge in [0.25, 0.3) is 0 Å². The molecule has 0 saturated carbocycles. The highest BCUT2D eigenvalue weighted by Crippen LogP contribution is 2.30. The van der Waals surface area contributed by atoms with Crippen LogP contribution in [0.4, 0.5) is 24.7 Å². The first-order valence-corrected chi connectivity index (χ1v) is 12.4. The fraction of sp³-hybridized carbons (Fsp3) is 0.103. The van der Waals surface area contributed by atoms with Crippen LogP contribution in [0.2, 0.25) is 0 Å². The summed E-state index contributed by atoms with van der Waals surface area (Å²) < 4.78 is 40.3. The summed E-state index contributed by atoms with van der Waals surface area (Å²) in [5.41, 5.74) is 3.18. The van der Waals surface area contributed by atoms with E-state index in [1.54, 1.807) is 12.1 Å². The molecule has 11 heteroatoms. The Morgan fingerprint density at radius 1 is 0.900 bits per heavy atom. The second-order valence-corrected chi connectivity index (χ2v) is 9.17. The van der Waals surface area contributed by atoms with Crippen LogP contribution in [0, 0.1) is 0 Å². The Labute approximate surface area is 225 Å². The van der Waals surface area contributed by atoms with Gasteiger partial charge in [0.2, 0.25) is 5.91 Å². The number of alkyl halides is 3. The lowest BCUT2D eigenvalue weighted by molar-refractivity contribution is -0.137. The van der Waals surface area contributed by atoms with Crippen molar-refractivity contribution in [2.75, 3.05) is 5.32 Å². The van der Waals surface area contributed by atoms with Gasteiger partial charge in [0.05, 0.1) is 35.1 Å². The summed E-state index contributed by atoms with van der Waals surface area (Å²) in [5, 5.41) is 15.3. The predicted octanol–water partition coefficient (Wildman–Crippen LogP) is 5.92. The molecule has 0 unspecified atom stereocenters. The first-order chi connectivity index (χ1) is 19.3. The van der Waals surface area contributed by atoms with Crippen molar-refractivity contribution >= 4 is 39.3 Å². The molecule has 6 aromatic rings. The molecule has 0 aliphatic heterocycles. The van der Waals surface area contributed by atoms with E-state index in [2.05, 4.69) is 30.8 Å². The molecular formula is C29H22F3N7O. The van der Waals surface area contributed by atoms with Crippen LogP contribution in [0.25, 0.3) is 27.8 Å². The fourth-order valence-electron chi connectivity index (χ4n) is 4.50. The van der Waals surface area contributed by atoms with E-state index in [0.29, 0.717) is 23.1 Å². The van der Waals surface area contributed by atoms with Crippen molar-refractivity contribution in [3.05, 3.63) is 108 Å². The maximum absolute atomic E-state index is 12.8. The van der Waals surface area contributed by atoms with Gasteiger partial charge in [0, 0.05) is 17.3 Å². The molecule has 0 spiro atoms. The quantitative estimate of drug-likeness (QED) is 0.233. The zero-order valence-electron chi connectivity index (χ0n) is 20.9. The molecule has 0 saturated heterocycles. The molecule has 0 bridgehead atoms. The number of fused-ring (bicyclic) bond motifs is 2. The molecule has 3 aromatic heterocycles. The molecular weight excluding hydrogens is 519 g/mol. The van der Waals surface area contributed by atoms with Crippen LogP contribution in [0.3, 0.4) is 0 Å². The molecule has 6 rings (SSSR count). The molecule has 3 aromatic carbocycles. The van der Waals surface area contributed by atoms with Crippen LogP contribution < -0.4 is 10.6 Å². The van der Waals surface area contributed by atoms with Crippen molar-refractivity contribution in [1.82, 2.24) is 30.0 Å². The second-order valence-electron chi connectivity index (χ2n) is 9.17. The largest absolute Gasteiger partial charge is 0.416 e. The molecule has 200 valence electrons. The van der Waals surface area contributed by atoms with Gasteiger partial charge in [-0.15, -0.1) is 10.2 Å². The second kappa shape index (κ2) is 10.2. The Bertz CT molecular complexity index is 1770. The summed E-state index contributed by atoms with van der Waals surface area (Å²) in [5.74, 6) is 1.44. The number of carbonyl (C=O) groups excluding carboxylic acids is 1. The molecule has 1 amide bonds. The SMILES string of the molecule is O=C(Cc1cn(-c2ccc(Nc3ccc(C(F)(F)F)cc3)nn2)c2ccccc12)NCc1nc2ccccc2[nH]1. The van der Waals surface area contributed by atoms with E-state index in [1.165, 1.54) is 12.1 Å². The maximum Gasteiger partial charge on any atom is 0.416 e. The number of anilines is 2. The number of para-hydroxylation sites is 3. The van der Waals surface area contributed by atoms with Gasteiger partial charge in [-0.25, -0.2) is 4.98 Å². The molecule has 0 atom stereocenters. The maximum atomic E-state index is 12.8. The number of nitrogens with one attached hydrogen (secondary N) is 3. The average molecular weight is 542 g/mol. The van der Waals surface area contributed by atoms with Gasteiger partial charge in [-0.05, 0) is 60.2 Å². The van der Waals surface area contributed by atoms with Crippen LogP contribution in [0.5, 0.6) is 0 Å². The number of amides is 1. The molecule has 40 heavy (non-hydrogen) atoms. The lowest BCUT2D eigenvalue weighted by Gasteiger charge is -2.09. The van der Waals surface area contributed by atoms with E-state index < -0.39 is 11.7 Å². The number of imidazole rings is 1.